The zero-order chi connectivity index (χ0) is 17.3. The summed E-state index contributed by atoms with van der Waals surface area (Å²) in [6.45, 7) is 2.96. The number of rotatable bonds is 5. The number of halogens is 1. The van der Waals surface area contributed by atoms with Crippen molar-refractivity contribution < 1.29 is 9.18 Å². The van der Waals surface area contributed by atoms with E-state index in [1.807, 2.05) is 0 Å². The van der Waals surface area contributed by atoms with Crippen LogP contribution >= 0.6 is 11.3 Å². The molecule has 1 atom stereocenters. The lowest BCUT2D eigenvalue weighted by Crippen LogP contribution is -2.50. The van der Waals surface area contributed by atoms with Crippen molar-refractivity contribution in [3.05, 3.63) is 58.0 Å². The molecule has 2 aliphatic rings. The molecule has 5 heteroatoms. The predicted molar refractivity (Wildman–Crippen MR) is 98.1 cm³/mol. The van der Waals surface area contributed by atoms with Gasteiger partial charge in [-0.05, 0) is 61.4 Å². The molecule has 0 bridgehead atoms. The normalized spacial score (nSPS) is 22.5. The molecule has 0 spiro atoms. The second-order valence-electron chi connectivity index (χ2n) is 7.22. The molecule has 4 rings (SSSR count). The van der Waals surface area contributed by atoms with Crippen molar-refractivity contribution in [1.82, 2.24) is 10.2 Å². The van der Waals surface area contributed by atoms with Gasteiger partial charge in [0, 0.05) is 24.0 Å². The molecular weight excluding hydrogens is 335 g/mol. The molecule has 1 unspecified atom stereocenters. The van der Waals surface area contributed by atoms with Gasteiger partial charge in [0.15, 0.2) is 0 Å². The second kappa shape index (κ2) is 6.89. The monoisotopic (exact) mass is 358 g/mol. The highest BCUT2D eigenvalue weighted by Gasteiger charge is 2.51. The molecule has 2 aromatic rings. The van der Waals surface area contributed by atoms with Crippen LogP contribution in [0, 0.1) is 5.82 Å². The number of benzene rings is 1. The fraction of sp³-hybridized carbons (Fsp3) is 0.450. The van der Waals surface area contributed by atoms with E-state index in [0.717, 1.165) is 50.9 Å². The van der Waals surface area contributed by atoms with Crippen molar-refractivity contribution in [2.45, 2.75) is 43.7 Å². The number of thiophene rings is 1. The largest absolute Gasteiger partial charge is 0.351 e. The molecular formula is C20H23FN2OS. The van der Waals surface area contributed by atoms with Gasteiger partial charge in [-0.15, -0.1) is 11.3 Å². The molecule has 2 fully saturated rings. The lowest BCUT2D eigenvalue weighted by Gasteiger charge is -2.33. The third-order valence-electron chi connectivity index (χ3n) is 5.38. The van der Waals surface area contributed by atoms with Gasteiger partial charge in [-0.2, -0.15) is 0 Å². The van der Waals surface area contributed by atoms with Gasteiger partial charge >= 0.3 is 0 Å². The third-order valence-corrected chi connectivity index (χ3v) is 6.24. The van der Waals surface area contributed by atoms with E-state index in [-0.39, 0.29) is 17.8 Å². The summed E-state index contributed by atoms with van der Waals surface area (Å²) >= 11 is 1.78. The molecule has 2 heterocycles. The first-order valence-corrected chi connectivity index (χ1v) is 9.85. The summed E-state index contributed by atoms with van der Waals surface area (Å²) in [5.74, 6) is -0.140. The average Bonchev–Trinajstić information content (AvgIpc) is 3.27. The van der Waals surface area contributed by atoms with E-state index in [9.17, 15) is 9.18 Å². The Morgan fingerprint density at radius 3 is 2.76 bits per heavy atom. The fourth-order valence-electron chi connectivity index (χ4n) is 3.80. The Bertz CT molecular complexity index is 725. The highest BCUT2D eigenvalue weighted by atomic mass is 32.1. The highest BCUT2D eigenvalue weighted by Crippen LogP contribution is 2.48. The number of nitrogens with one attached hydrogen (secondary N) is 1. The van der Waals surface area contributed by atoms with Crippen molar-refractivity contribution in [3.63, 3.8) is 0 Å². The van der Waals surface area contributed by atoms with E-state index in [1.54, 1.807) is 23.5 Å². The molecule has 1 saturated heterocycles. The minimum absolute atomic E-state index is 0.113. The topological polar surface area (TPSA) is 32.3 Å². The summed E-state index contributed by atoms with van der Waals surface area (Å²) in [6.07, 6.45) is 3.86. The van der Waals surface area contributed by atoms with Crippen LogP contribution in [0.3, 0.4) is 0 Å². The summed E-state index contributed by atoms with van der Waals surface area (Å²) in [6, 6.07) is 10.9. The van der Waals surface area contributed by atoms with Crippen LogP contribution in [0.5, 0.6) is 0 Å². The summed E-state index contributed by atoms with van der Waals surface area (Å²) in [5, 5.41) is 5.38. The Kier molecular flexibility index (Phi) is 4.61. The minimum Gasteiger partial charge on any atom is -0.351 e. The van der Waals surface area contributed by atoms with E-state index in [4.69, 9.17) is 0 Å². The van der Waals surface area contributed by atoms with Crippen LogP contribution in [0.2, 0.25) is 0 Å². The summed E-state index contributed by atoms with van der Waals surface area (Å²) in [7, 11) is 0. The quantitative estimate of drug-likeness (QED) is 0.884. The van der Waals surface area contributed by atoms with Gasteiger partial charge < -0.3 is 5.32 Å². The van der Waals surface area contributed by atoms with Crippen LogP contribution < -0.4 is 5.32 Å². The standard InChI is InChI=1S/C20H23FN2OS/c21-16-7-5-15(6-8-16)20(9-10-20)19(24)22-17-3-1-11-23(13-17)14-18-4-2-12-25-18/h2,4-8,12,17H,1,3,9-11,13-14H2,(H,22,24). The second-order valence-corrected chi connectivity index (χ2v) is 8.25. The van der Waals surface area contributed by atoms with Gasteiger partial charge in [-0.25, -0.2) is 4.39 Å². The van der Waals surface area contributed by atoms with Crippen molar-refractivity contribution in [2.75, 3.05) is 13.1 Å². The molecule has 132 valence electrons. The Labute approximate surface area is 151 Å². The molecule has 1 aromatic carbocycles. The van der Waals surface area contributed by atoms with Gasteiger partial charge in [0.25, 0.3) is 0 Å². The third kappa shape index (κ3) is 3.62. The van der Waals surface area contributed by atoms with Crippen LogP contribution in [0.25, 0.3) is 0 Å². The van der Waals surface area contributed by atoms with Gasteiger partial charge in [0.1, 0.15) is 5.82 Å². The Morgan fingerprint density at radius 2 is 2.08 bits per heavy atom. The molecule has 1 N–H and O–H groups in total. The number of amides is 1. The van der Waals surface area contributed by atoms with Crippen LogP contribution in [-0.4, -0.2) is 29.9 Å². The number of piperidine rings is 1. The molecule has 1 aliphatic heterocycles. The highest BCUT2D eigenvalue weighted by molar-refractivity contribution is 7.09. The van der Waals surface area contributed by atoms with Crippen molar-refractivity contribution in [3.8, 4) is 0 Å². The maximum Gasteiger partial charge on any atom is 0.230 e. The van der Waals surface area contributed by atoms with E-state index >= 15 is 0 Å². The predicted octanol–water partition coefficient (Wildman–Crippen LogP) is 3.70. The first-order chi connectivity index (χ1) is 12.2. The zero-order valence-electron chi connectivity index (χ0n) is 14.2. The summed E-state index contributed by atoms with van der Waals surface area (Å²) < 4.78 is 13.2. The lowest BCUT2D eigenvalue weighted by molar-refractivity contribution is -0.124. The minimum atomic E-state index is -0.427. The molecule has 25 heavy (non-hydrogen) atoms. The van der Waals surface area contributed by atoms with E-state index in [0.29, 0.717) is 0 Å². The Hall–Kier alpha value is -1.72. The van der Waals surface area contributed by atoms with E-state index in [2.05, 4.69) is 27.7 Å². The molecule has 3 nitrogen and oxygen atoms in total. The number of likely N-dealkylation sites (tertiary alicyclic amines) is 1. The van der Waals surface area contributed by atoms with Gasteiger partial charge in [0.2, 0.25) is 5.91 Å². The number of hydrogen-bond donors (Lipinski definition) is 1. The van der Waals surface area contributed by atoms with E-state index < -0.39 is 5.41 Å². The number of nitrogens with zero attached hydrogens (tertiary/aromatic N) is 1. The maximum absolute atomic E-state index is 13.2. The van der Waals surface area contributed by atoms with E-state index in [1.165, 1.54) is 17.0 Å². The number of carbonyl (C=O) groups is 1. The van der Waals surface area contributed by atoms with Crippen molar-refractivity contribution in [1.29, 1.82) is 0 Å². The van der Waals surface area contributed by atoms with Gasteiger partial charge in [0.05, 0.1) is 5.41 Å². The first kappa shape index (κ1) is 16.7. The van der Waals surface area contributed by atoms with Crippen LogP contribution in [0.1, 0.15) is 36.1 Å². The van der Waals surface area contributed by atoms with Crippen molar-refractivity contribution >= 4 is 17.2 Å². The smallest absolute Gasteiger partial charge is 0.230 e. The van der Waals surface area contributed by atoms with Crippen LogP contribution in [-0.2, 0) is 16.8 Å². The van der Waals surface area contributed by atoms with Crippen LogP contribution in [0.4, 0.5) is 4.39 Å². The SMILES string of the molecule is O=C(NC1CCCN(Cc2cccs2)C1)C1(c2ccc(F)cc2)CC1. The molecule has 0 radical (unpaired) electrons. The Morgan fingerprint density at radius 1 is 1.28 bits per heavy atom. The molecule has 1 amide bonds. The fourth-order valence-corrected chi connectivity index (χ4v) is 4.55. The van der Waals surface area contributed by atoms with Crippen molar-refractivity contribution in [2.24, 2.45) is 0 Å². The zero-order valence-corrected chi connectivity index (χ0v) is 15.0. The molecule has 1 saturated carbocycles. The number of carbonyl (C=O) groups excluding carboxylic acids is 1. The Balaban J connectivity index is 1.38. The number of hydrogen-bond acceptors (Lipinski definition) is 3. The maximum atomic E-state index is 13.2. The summed E-state index contributed by atoms with van der Waals surface area (Å²) in [4.78, 5) is 16.7. The average molecular weight is 358 g/mol. The first-order valence-electron chi connectivity index (χ1n) is 8.97. The van der Waals surface area contributed by atoms with Gasteiger partial charge in [-0.1, -0.05) is 18.2 Å². The van der Waals surface area contributed by atoms with Crippen LogP contribution in [0.15, 0.2) is 41.8 Å². The van der Waals surface area contributed by atoms with Gasteiger partial charge in [-0.3, -0.25) is 9.69 Å². The summed E-state index contributed by atoms with van der Waals surface area (Å²) in [5.41, 5.74) is 0.515. The molecule has 1 aromatic heterocycles. The molecule has 1 aliphatic carbocycles. The lowest BCUT2D eigenvalue weighted by atomic mass is 9.94.